The Kier molecular flexibility index (Phi) is 5.26. The van der Waals surface area contributed by atoms with Crippen LogP contribution in [0.1, 0.15) is 17.5 Å². The molecule has 0 aliphatic heterocycles. The molecule has 0 saturated heterocycles. The summed E-state index contributed by atoms with van der Waals surface area (Å²) in [7, 11) is 1.56. The Bertz CT molecular complexity index is 1270. The number of anilines is 2. The van der Waals surface area contributed by atoms with Crippen LogP contribution in [0, 0.1) is 0 Å². The summed E-state index contributed by atoms with van der Waals surface area (Å²) in [4.78, 5) is 25.4. The molecule has 1 aliphatic carbocycles. The van der Waals surface area contributed by atoms with Crippen LogP contribution in [0.2, 0.25) is 5.02 Å². The number of nitrogens with one attached hydrogen (secondary N) is 1. The Hall–Kier alpha value is -3.27. The molecule has 0 saturated carbocycles. The minimum Gasteiger partial charge on any atom is -0.406 e. The first-order chi connectivity index (χ1) is 14.6. The van der Waals surface area contributed by atoms with Crippen molar-refractivity contribution in [3.05, 3.63) is 73.4 Å². The normalized spacial score (nSPS) is 13.2. The van der Waals surface area contributed by atoms with Gasteiger partial charge in [0.2, 0.25) is 0 Å². The maximum atomic E-state index is 12.9. The van der Waals surface area contributed by atoms with Gasteiger partial charge < -0.3 is 14.6 Å². The highest BCUT2D eigenvalue weighted by Crippen LogP contribution is 2.28. The summed E-state index contributed by atoms with van der Waals surface area (Å²) in [5, 5.41) is 7.67. The molecule has 0 radical (unpaired) electrons. The number of aromatic nitrogens is 3. The highest BCUT2D eigenvalue weighted by molar-refractivity contribution is 6.30. The monoisotopic (exact) mass is 452 g/mol. The van der Waals surface area contributed by atoms with E-state index in [-0.39, 0.29) is 22.5 Å². The van der Waals surface area contributed by atoms with Crippen molar-refractivity contribution in [2.75, 3.05) is 5.32 Å². The summed E-state index contributed by atoms with van der Waals surface area (Å²) in [6.45, 7) is 0. The Morgan fingerprint density at radius 3 is 2.45 bits per heavy atom. The van der Waals surface area contributed by atoms with Gasteiger partial charge in [-0.25, -0.2) is 0 Å². The van der Waals surface area contributed by atoms with E-state index in [2.05, 4.69) is 15.2 Å². The van der Waals surface area contributed by atoms with Gasteiger partial charge in [-0.15, -0.1) is 18.3 Å². The predicted octanol–water partition coefficient (Wildman–Crippen LogP) is 3.72. The molecule has 1 N–H and O–H groups in total. The summed E-state index contributed by atoms with van der Waals surface area (Å²) in [6.07, 6.45) is -1.45. The number of hydrogen-bond acceptors (Lipinski definition) is 5. The molecule has 11 heteroatoms. The predicted molar refractivity (Wildman–Crippen MR) is 109 cm³/mol. The quantitative estimate of drug-likeness (QED) is 0.653. The van der Waals surface area contributed by atoms with Crippen molar-refractivity contribution in [2.45, 2.75) is 25.6 Å². The number of aryl methyl sites for hydroxylation is 1. The largest absolute Gasteiger partial charge is 0.573 e. The van der Waals surface area contributed by atoms with E-state index in [0.29, 0.717) is 34.8 Å². The van der Waals surface area contributed by atoms with Gasteiger partial charge in [0, 0.05) is 24.4 Å². The second-order valence-electron chi connectivity index (χ2n) is 7.03. The second-order valence-corrected chi connectivity index (χ2v) is 7.47. The van der Waals surface area contributed by atoms with E-state index in [9.17, 15) is 22.8 Å². The third-order valence-corrected chi connectivity index (χ3v) is 5.08. The first kappa shape index (κ1) is 21.0. The molecule has 0 atom stereocenters. The Balaban J connectivity index is 1.78. The molecular formula is C20H16ClF3N4O3. The van der Waals surface area contributed by atoms with Crippen LogP contribution in [0.25, 0.3) is 5.69 Å². The average Bonchev–Trinajstić information content (AvgIpc) is 3.18. The summed E-state index contributed by atoms with van der Waals surface area (Å²) in [5.74, 6) is -0.0895. The standard InChI is InChI=1S/C20H16ClF3N4O3/c1-27-10-11(21)9-16(19(27)30)25-17-14-3-2-4-15(14)18(29)28(26-17)12-5-7-13(8-6-12)31-20(22,23)24/h5-10H,2-4H2,1H3,(H,25,26). The Labute approximate surface area is 178 Å². The van der Waals surface area contributed by atoms with Crippen LogP contribution in [-0.2, 0) is 19.9 Å². The van der Waals surface area contributed by atoms with Crippen molar-refractivity contribution < 1.29 is 17.9 Å². The molecule has 7 nitrogen and oxygen atoms in total. The van der Waals surface area contributed by atoms with Crippen LogP contribution in [0.5, 0.6) is 5.75 Å². The van der Waals surface area contributed by atoms with Gasteiger partial charge in [-0.05, 0) is 49.6 Å². The average molecular weight is 453 g/mol. The third kappa shape index (κ3) is 4.29. The Morgan fingerprint density at radius 2 is 1.77 bits per heavy atom. The zero-order valence-corrected chi connectivity index (χ0v) is 16.9. The van der Waals surface area contributed by atoms with Gasteiger partial charge in [-0.3, -0.25) is 9.59 Å². The summed E-state index contributed by atoms with van der Waals surface area (Å²) >= 11 is 6.05. The van der Waals surface area contributed by atoms with Gasteiger partial charge in [-0.1, -0.05) is 11.6 Å². The molecule has 0 spiro atoms. The zero-order valence-electron chi connectivity index (χ0n) is 16.2. The fourth-order valence-corrected chi connectivity index (χ4v) is 3.78. The number of pyridine rings is 1. The van der Waals surface area contributed by atoms with Gasteiger partial charge in [0.15, 0.2) is 5.82 Å². The fraction of sp³-hybridized carbons (Fsp3) is 0.250. The number of hydrogen-bond donors (Lipinski definition) is 1. The molecule has 4 rings (SSSR count). The minimum absolute atomic E-state index is 0.190. The van der Waals surface area contributed by atoms with E-state index >= 15 is 0 Å². The molecule has 162 valence electrons. The lowest BCUT2D eigenvalue weighted by Crippen LogP contribution is -2.27. The topological polar surface area (TPSA) is 78.2 Å². The molecule has 3 aromatic rings. The third-order valence-electron chi connectivity index (χ3n) is 4.87. The molecule has 0 unspecified atom stereocenters. The van der Waals surface area contributed by atoms with Gasteiger partial charge in [-0.2, -0.15) is 4.68 Å². The summed E-state index contributed by atoms with van der Waals surface area (Å²) in [6, 6.07) is 6.28. The number of benzene rings is 1. The van der Waals surface area contributed by atoms with E-state index < -0.39 is 12.1 Å². The smallest absolute Gasteiger partial charge is 0.406 e. The summed E-state index contributed by atoms with van der Waals surface area (Å²) in [5.41, 5.74) is 1.02. The molecule has 0 bridgehead atoms. The van der Waals surface area contributed by atoms with E-state index in [1.54, 1.807) is 7.05 Å². The maximum absolute atomic E-state index is 12.9. The highest BCUT2D eigenvalue weighted by Gasteiger charge is 2.31. The van der Waals surface area contributed by atoms with Crippen molar-refractivity contribution >= 4 is 23.1 Å². The van der Waals surface area contributed by atoms with Gasteiger partial charge in [0.05, 0.1) is 10.7 Å². The highest BCUT2D eigenvalue weighted by atomic mass is 35.5. The van der Waals surface area contributed by atoms with Crippen molar-refractivity contribution in [1.29, 1.82) is 0 Å². The molecule has 0 fully saturated rings. The van der Waals surface area contributed by atoms with Crippen LogP contribution >= 0.6 is 11.6 Å². The number of rotatable bonds is 4. The Morgan fingerprint density at radius 1 is 1.10 bits per heavy atom. The first-order valence-electron chi connectivity index (χ1n) is 9.27. The molecule has 2 heterocycles. The van der Waals surface area contributed by atoms with Gasteiger partial charge in [0.1, 0.15) is 11.4 Å². The molecule has 1 aliphatic rings. The molecule has 2 aromatic heterocycles. The molecule has 31 heavy (non-hydrogen) atoms. The van der Waals surface area contributed by atoms with Gasteiger partial charge in [0.25, 0.3) is 11.1 Å². The number of fused-ring (bicyclic) bond motifs is 1. The van der Waals surface area contributed by atoms with E-state index in [4.69, 9.17) is 11.6 Å². The number of halogens is 4. The van der Waals surface area contributed by atoms with Crippen LogP contribution < -0.4 is 21.2 Å². The van der Waals surface area contributed by atoms with Crippen LogP contribution in [0.4, 0.5) is 24.7 Å². The minimum atomic E-state index is -4.82. The number of ether oxygens (including phenoxy) is 1. The van der Waals surface area contributed by atoms with Crippen LogP contribution in [0.3, 0.4) is 0 Å². The van der Waals surface area contributed by atoms with Crippen molar-refractivity contribution in [1.82, 2.24) is 14.3 Å². The number of alkyl halides is 3. The van der Waals surface area contributed by atoms with Crippen molar-refractivity contribution in [3.63, 3.8) is 0 Å². The van der Waals surface area contributed by atoms with Gasteiger partial charge >= 0.3 is 6.36 Å². The molecule has 0 amide bonds. The van der Waals surface area contributed by atoms with Crippen LogP contribution in [0.15, 0.2) is 46.1 Å². The lowest BCUT2D eigenvalue weighted by molar-refractivity contribution is -0.274. The SMILES string of the molecule is Cn1cc(Cl)cc(Nc2nn(-c3ccc(OC(F)(F)F)cc3)c(=O)c3c2CCC3)c1=O. The first-order valence-corrected chi connectivity index (χ1v) is 9.64. The second kappa shape index (κ2) is 7.77. The maximum Gasteiger partial charge on any atom is 0.573 e. The van der Waals surface area contributed by atoms with Crippen molar-refractivity contribution in [3.8, 4) is 11.4 Å². The van der Waals surface area contributed by atoms with Crippen LogP contribution in [-0.4, -0.2) is 20.7 Å². The lowest BCUT2D eigenvalue weighted by Gasteiger charge is -2.15. The lowest BCUT2D eigenvalue weighted by atomic mass is 10.2. The zero-order chi connectivity index (χ0) is 22.3. The fourth-order valence-electron chi connectivity index (χ4n) is 3.53. The van der Waals surface area contributed by atoms with Crippen molar-refractivity contribution in [2.24, 2.45) is 7.05 Å². The summed E-state index contributed by atoms with van der Waals surface area (Å²) < 4.78 is 43.5. The number of nitrogens with zero attached hydrogens (tertiary/aromatic N) is 3. The molecule has 1 aromatic carbocycles. The van der Waals surface area contributed by atoms with E-state index in [0.717, 1.165) is 23.2 Å². The van der Waals surface area contributed by atoms with E-state index in [1.165, 1.54) is 29.0 Å². The molecular weight excluding hydrogens is 437 g/mol. The van der Waals surface area contributed by atoms with E-state index in [1.807, 2.05) is 0 Å².